The fraction of sp³-hybridized carbons (Fsp3) is 0.206. The Morgan fingerprint density at radius 2 is 1.20 bits per heavy atom. The molecule has 0 bridgehead atoms. The highest BCUT2D eigenvalue weighted by Crippen LogP contribution is 2.32. The van der Waals surface area contributed by atoms with E-state index in [0.717, 1.165) is 22.4 Å². The normalized spacial score (nSPS) is 10.4. The summed E-state index contributed by atoms with van der Waals surface area (Å²) < 4.78 is 29.9. The molecule has 0 aliphatic heterocycles. The van der Waals surface area contributed by atoms with Crippen LogP contribution in [0.15, 0.2) is 104 Å². The summed E-state index contributed by atoms with van der Waals surface area (Å²) in [5, 5.41) is 9.00. The summed E-state index contributed by atoms with van der Waals surface area (Å²) >= 11 is 0. The van der Waals surface area contributed by atoms with Gasteiger partial charge in [-0.15, -0.1) is 0 Å². The molecule has 4 aromatic rings. The van der Waals surface area contributed by atoms with Crippen LogP contribution in [0, 0.1) is 11.3 Å². The van der Waals surface area contributed by atoms with Gasteiger partial charge >= 0.3 is 0 Å². The van der Waals surface area contributed by atoms with E-state index in [4.69, 9.17) is 28.9 Å². The van der Waals surface area contributed by atoms with E-state index < -0.39 is 0 Å². The van der Waals surface area contributed by atoms with E-state index in [1.807, 2.05) is 92.7 Å². The van der Waals surface area contributed by atoms with Gasteiger partial charge in [-0.3, -0.25) is 0 Å². The highest BCUT2D eigenvalue weighted by Gasteiger charge is 2.11. The zero-order valence-electron chi connectivity index (χ0n) is 22.8. The van der Waals surface area contributed by atoms with Crippen LogP contribution in [0.1, 0.15) is 36.1 Å². The van der Waals surface area contributed by atoms with E-state index in [9.17, 15) is 0 Å². The Morgan fingerprint density at radius 3 is 1.75 bits per heavy atom. The number of ether oxygens (including phenoxy) is 5. The van der Waals surface area contributed by atoms with Crippen LogP contribution in [0.5, 0.6) is 28.7 Å². The van der Waals surface area contributed by atoms with Crippen LogP contribution < -0.4 is 23.7 Å². The number of nitrogens with zero attached hydrogens (tertiary/aromatic N) is 1. The van der Waals surface area contributed by atoms with Crippen LogP contribution in [0.3, 0.4) is 0 Å². The minimum atomic E-state index is -0.0230. The summed E-state index contributed by atoms with van der Waals surface area (Å²) in [7, 11) is 0. The summed E-state index contributed by atoms with van der Waals surface area (Å²) in [5.41, 5.74) is 3.54. The molecule has 0 aromatic heterocycles. The van der Waals surface area contributed by atoms with Crippen molar-refractivity contribution in [2.45, 2.75) is 39.8 Å². The molecule has 4 rings (SSSR count). The molecule has 0 saturated carbocycles. The molecule has 0 fully saturated rings. The molecule has 0 atom stereocenters. The van der Waals surface area contributed by atoms with Crippen molar-refractivity contribution in [3.8, 4) is 34.8 Å². The van der Waals surface area contributed by atoms with Crippen LogP contribution in [-0.2, 0) is 19.8 Å². The van der Waals surface area contributed by atoms with E-state index >= 15 is 0 Å². The van der Waals surface area contributed by atoms with E-state index in [1.54, 1.807) is 18.2 Å². The molecule has 0 spiro atoms. The zero-order chi connectivity index (χ0) is 28.2. The smallest absolute Gasteiger partial charge is 0.161 e. The first-order valence-corrected chi connectivity index (χ1v) is 13.1. The second-order valence-corrected chi connectivity index (χ2v) is 9.31. The number of rotatable bonds is 14. The molecule has 0 unspecified atom stereocenters. The average Bonchev–Trinajstić information content (AvgIpc) is 2.98. The maximum Gasteiger partial charge on any atom is 0.161 e. The van der Waals surface area contributed by atoms with Crippen molar-refractivity contribution in [1.29, 1.82) is 5.26 Å². The van der Waals surface area contributed by atoms with Gasteiger partial charge in [-0.1, -0.05) is 55.1 Å². The maximum absolute atomic E-state index is 9.00. The molecule has 6 nitrogen and oxygen atoms in total. The summed E-state index contributed by atoms with van der Waals surface area (Å²) in [4.78, 5) is 0. The number of hydrogen-bond acceptors (Lipinski definition) is 6. The molecule has 0 aliphatic carbocycles. The van der Waals surface area contributed by atoms with Gasteiger partial charge in [0.05, 0.1) is 17.7 Å². The fourth-order valence-corrected chi connectivity index (χ4v) is 3.79. The molecular formula is C34H33NO5. The van der Waals surface area contributed by atoms with E-state index in [-0.39, 0.29) is 6.10 Å². The lowest BCUT2D eigenvalue weighted by Gasteiger charge is -2.17. The molecule has 40 heavy (non-hydrogen) atoms. The standard InChI is InChI=1S/C34H33NO5/c1-4-19-36-30-16-13-28(14-17-30)23-37-31-7-5-6-8-32(31)39-24-29-15-18-33(34(20-29)40-25(2)3)38-22-27-11-9-26(21-35)10-12-27/h4-18,20,25H,1,19,22-24H2,2-3H3. The Hall–Kier alpha value is -4.89. The van der Waals surface area contributed by atoms with Crippen molar-refractivity contribution in [3.63, 3.8) is 0 Å². The largest absolute Gasteiger partial charge is 0.490 e. The minimum Gasteiger partial charge on any atom is -0.490 e. The predicted molar refractivity (Wildman–Crippen MR) is 155 cm³/mol. The van der Waals surface area contributed by atoms with Crippen LogP contribution in [0.25, 0.3) is 0 Å². The van der Waals surface area contributed by atoms with Gasteiger partial charge in [0.15, 0.2) is 23.0 Å². The Balaban J connectivity index is 1.38. The van der Waals surface area contributed by atoms with Gasteiger partial charge < -0.3 is 23.7 Å². The monoisotopic (exact) mass is 535 g/mol. The molecule has 6 heteroatoms. The second-order valence-electron chi connectivity index (χ2n) is 9.31. The summed E-state index contributed by atoms with van der Waals surface area (Å²) in [6.07, 6.45) is 1.69. The molecule has 4 aromatic carbocycles. The zero-order valence-corrected chi connectivity index (χ0v) is 22.8. The Morgan fingerprint density at radius 1 is 0.675 bits per heavy atom. The topological polar surface area (TPSA) is 69.9 Å². The molecule has 0 amide bonds. The SMILES string of the molecule is C=CCOc1ccc(COc2ccccc2OCc2ccc(OCc3ccc(C#N)cc3)c(OC(C)C)c2)cc1. The van der Waals surface area contributed by atoms with E-state index in [0.29, 0.717) is 55.0 Å². The molecule has 0 aliphatic rings. The first-order chi connectivity index (χ1) is 19.5. The molecule has 0 heterocycles. The summed E-state index contributed by atoms with van der Waals surface area (Å²) in [6.45, 7) is 9.19. The lowest BCUT2D eigenvalue weighted by molar-refractivity contribution is 0.216. The lowest BCUT2D eigenvalue weighted by Crippen LogP contribution is -2.08. The van der Waals surface area contributed by atoms with Gasteiger partial charge in [0.1, 0.15) is 32.2 Å². The third kappa shape index (κ3) is 8.31. The van der Waals surface area contributed by atoms with Gasteiger partial charge in [-0.25, -0.2) is 0 Å². The van der Waals surface area contributed by atoms with Crippen LogP contribution >= 0.6 is 0 Å². The first kappa shape index (κ1) is 28.1. The van der Waals surface area contributed by atoms with Crippen molar-refractivity contribution in [2.75, 3.05) is 6.61 Å². The van der Waals surface area contributed by atoms with E-state index in [1.165, 1.54) is 0 Å². The number of nitriles is 1. The van der Waals surface area contributed by atoms with Crippen molar-refractivity contribution in [3.05, 3.63) is 126 Å². The van der Waals surface area contributed by atoms with Crippen LogP contribution in [0.2, 0.25) is 0 Å². The Labute approximate surface area is 236 Å². The lowest BCUT2D eigenvalue weighted by atomic mass is 10.1. The fourth-order valence-electron chi connectivity index (χ4n) is 3.79. The summed E-state index contributed by atoms with van der Waals surface area (Å²) in [5.74, 6) is 3.40. The molecule has 0 radical (unpaired) electrons. The number of para-hydroxylation sites is 2. The van der Waals surface area contributed by atoms with Gasteiger partial charge in [0.2, 0.25) is 0 Å². The quantitative estimate of drug-likeness (QED) is 0.155. The van der Waals surface area contributed by atoms with Crippen LogP contribution in [-0.4, -0.2) is 12.7 Å². The predicted octanol–water partition coefficient (Wildman–Crippen LogP) is 7.65. The third-order valence-corrected chi connectivity index (χ3v) is 5.78. The average molecular weight is 536 g/mol. The van der Waals surface area contributed by atoms with Crippen molar-refractivity contribution < 1.29 is 23.7 Å². The van der Waals surface area contributed by atoms with Gasteiger partial charge in [0, 0.05) is 0 Å². The van der Waals surface area contributed by atoms with Crippen molar-refractivity contribution >= 4 is 0 Å². The minimum absolute atomic E-state index is 0.0230. The molecular weight excluding hydrogens is 502 g/mol. The first-order valence-electron chi connectivity index (χ1n) is 13.1. The summed E-state index contributed by atoms with van der Waals surface area (Å²) in [6, 6.07) is 30.7. The molecule has 0 saturated heterocycles. The van der Waals surface area contributed by atoms with Gasteiger partial charge in [0.25, 0.3) is 0 Å². The van der Waals surface area contributed by atoms with Gasteiger partial charge in [-0.05, 0) is 79.1 Å². The maximum atomic E-state index is 9.00. The van der Waals surface area contributed by atoms with E-state index in [2.05, 4.69) is 12.6 Å². The van der Waals surface area contributed by atoms with Crippen LogP contribution in [0.4, 0.5) is 0 Å². The number of benzene rings is 4. The Kier molecular flexibility index (Phi) is 10.1. The Bertz CT molecular complexity index is 1420. The molecule has 204 valence electrons. The molecule has 0 N–H and O–H groups in total. The number of hydrogen-bond donors (Lipinski definition) is 0. The van der Waals surface area contributed by atoms with Crippen molar-refractivity contribution in [2.24, 2.45) is 0 Å². The highest BCUT2D eigenvalue weighted by atomic mass is 16.5. The highest BCUT2D eigenvalue weighted by molar-refractivity contribution is 5.44. The van der Waals surface area contributed by atoms with Gasteiger partial charge in [-0.2, -0.15) is 5.26 Å². The second kappa shape index (κ2) is 14.3. The third-order valence-electron chi connectivity index (χ3n) is 5.78. The van der Waals surface area contributed by atoms with Crippen molar-refractivity contribution in [1.82, 2.24) is 0 Å².